The third kappa shape index (κ3) is 6.74. The van der Waals surface area contributed by atoms with Crippen LogP contribution in [0.15, 0.2) is 48.5 Å². The third-order valence-electron chi connectivity index (χ3n) is 6.62. The number of nitrogens with two attached hydrogens (primary N) is 1. The van der Waals surface area contributed by atoms with E-state index in [1.807, 2.05) is 0 Å². The van der Waals surface area contributed by atoms with Crippen molar-refractivity contribution in [3.63, 3.8) is 0 Å². The smallest absolute Gasteiger partial charge is 0.416 e. The first-order valence-electron chi connectivity index (χ1n) is 11.7. The Hall–Kier alpha value is -3.35. The van der Waals surface area contributed by atoms with Gasteiger partial charge in [0.2, 0.25) is 11.8 Å². The molecule has 1 atom stereocenters. The maximum absolute atomic E-state index is 13.6. The van der Waals surface area contributed by atoms with Crippen molar-refractivity contribution in [1.29, 1.82) is 0 Å². The average Bonchev–Trinajstić information content (AvgIpc) is 2.90. The van der Waals surface area contributed by atoms with Crippen molar-refractivity contribution < 1.29 is 37.8 Å². The van der Waals surface area contributed by atoms with Gasteiger partial charge in [-0.05, 0) is 48.7 Å². The van der Waals surface area contributed by atoms with E-state index in [2.05, 4.69) is 5.32 Å². The summed E-state index contributed by atoms with van der Waals surface area (Å²) in [4.78, 5) is 40.4. The van der Waals surface area contributed by atoms with Gasteiger partial charge in [-0.3, -0.25) is 14.5 Å². The zero-order chi connectivity index (χ0) is 28.1. The predicted molar refractivity (Wildman–Crippen MR) is 133 cm³/mol. The zero-order valence-electron chi connectivity index (χ0n) is 20.2. The lowest BCUT2D eigenvalue weighted by Gasteiger charge is -2.43. The molecule has 9 nitrogen and oxygen atoms in total. The number of hydrogen-bond acceptors (Lipinski definition) is 5. The van der Waals surface area contributed by atoms with Crippen LogP contribution in [0.25, 0.3) is 0 Å². The molecule has 3 rings (SSSR count). The van der Waals surface area contributed by atoms with Gasteiger partial charge >= 0.3 is 12.3 Å². The molecule has 1 saturated heterocycles. The number of rotatable bonds is 8. The Bertz CT molecular complexity index is 1150. The third-order valence-corrected chi connectivity index (χ3v) is 6.99. The lowest BCUT2D eigenvalue weighted by molar-refractivity contribution is -0.141. The Morgan fingerprint density at radius 2 is 1.71 bits per heavy atom. The molecule has 1 fully saturated rings. The van der Waals surface area contributed by atoms with Crippen molar-refractivity contribution in [2.45, 2.75) is 31.6 Å². The highest BCUT2D eigenvalue weighted by atomic mass is 35.5. The minimum atomic E-state index is -4.60. The summed E-state index contributed by atoms with van der Waals surface area (Å²) < 4.78 is 39.0. The molecule has 38 heavy (non-hydrogen) atoms. The second-order valence-corrected chi connectivity index (χ2v) is 9.49. The van der Waals surface area contributed by atoms with E-state index in [1.54, 1.807) is 24.3 Å². The summed E-state index contributed by atoms with van der Waals surface area (Å²) >= 11 is 6.18. The van der Waals surface area contributed by atoms with Gasteiger partial charge in [-0.25, -0.2) is 4.79 Å². The monoisotopic (exact) mass is 556 g/mol. The number of anilines is 1. The summed E-state index contributed by atoms with van der Waals surface area (Å²) in [6.45, 7) is -0.736. The van der Waals surface area contributed by atoms with Crippen molar-refractivity contribution >= 4 is 35.2 Å². The van der Waals surface area contributed by atoms with Gasteiger partial charge in [0.05, 0.1) is 17.6 Å². The molecule has 0 radical (unpaired) electrons. The number of likely N-dealkylation sites (tertiary alicyclic amines) is 1. The van der Waals surface area contributed by atoms with Crippen molar-refractivity contribution in [1.82, 2.24) is 10.2 Å². The van der Waals surface area contributed by atoms with Crippen LogP contribution >= 0.6 is 11.6 Å². The first-order chi connectivity index (χ1) is 17.9. The van der Waals surface area contributed by atoms with Crippen molar-refractivity contribution in [2.75, 3.05) is 31.1 Å². The number of nitrogens with one attached hydrogen (secondary N) is 1. The van der Waals surface area contributed by atoms with Gasteiger partial charge in [0.15, 0.2) is 0 Å². The van der Waals surface area contributed by atoms with Crippen LogP contribution in [0.1, 0.15) is 24.0 Å². The van der Waals surface area contributed by atoms with Gasteiger partial charge in [-0.15, -0.1) is 0 Å². The fourth-order valence-corrected chi connectivity index (χ4v) is 4.53. The molecule has 0 spiro atoms. The average molecular weight is 557 g/mol. The molecule has 1 unspecified atom stereocenters. The molecule has 1 aliphatic rings. The van der Waals surface area contributed by atoms with E-state index in [-0.39, 0.29) is 44.7 Å². The Kier molecular flexibility index (Phi) is 9.23. The highest BCUT2D eigenvalue weighted by Gasteiger charge is 2.45. The standard InChI is InChI=1S/C25H28ClF3N4O5/c26-19-4-2-1-3-16(19)13-31-22(36)24(9-11-32(12-10-24)21(35)20(30)14-34)15-33(23(37)38)18-7-5-17(6-8-18)25(27,28)29/h1-8,20,34H,9-15,30H2,(H,31,36)(H,37,38). The van der Waals surface area contributed by atoms with Crippen LogP contribution in [0.4, 0.5) is 23.7 Å². The van der Waals surface area contributed by atoms with Crippen molar-refractivity contribution in [2.24, 2.45) is 11.1 Å². The number of carbonyl (C=O) groups excluding carboxylic acids is 2. The maximum Gasteiger partial charge on any atom is 0.416 e. The summed E-state index contributed by atoms with van der Waals surface area (Å²) in [5, 5.41) is 22.4. The van der Waals surface area contributed by atoms with E-state index in [0.29, 0.717) is 10.6 Å². The number of aliphatic hydroxyl groups excluding tert-OH is 1. The fraction of sp³-hybridized carbons (Fsp3) is 0.400. The Labute approximate surface area is 222 Å². The van der Waals surface area contributed by atoms with E-state index in [4.69, 9.17) is 17.3 Å². The van der Waals surface area contributed by atoms with E-state index in [1.165, 1.54) is 4.90 Å². The van der Waals surface area contributed by atoms with E-state index >= 15 is 0 Å². The zero-order valence-corrected chi connectivity index (χ0v) is 21.0. The molecule has 0 saturated carbocycles. The topological polar surface area (TPSA) is 136 Å². The van der Waals surface area contributed by atoms with E-state index in [9.17, 15) is 37.8 Å². The molecule has 1 aliphatic heterocycles. The SMILES string of the molecule is NC(CO)C(=O)N1CCC(CN(C(=O)O)c2ccc(C(F)(F)F)cc2)(C(=O)NCc2ccccc2Cl)CC1. The number of piperidine rings is 1. The van der Waals surface area contributed by atoms with Crippen LogP contribution in [0.5, 0.6) is 0 Å². The molecular weight excluding hydrogens is 529 g/mol. The molecule has 2 aromatic rings. The maximum atomic E-state index is 13.6. The van der Waals surface area contributed by atoms with Crippen LogP contribution in [0, 0.1) is 5.41 Å². The molecule has 1 heterocycles. The fourth-order valence-electron chi connectivity index (χ4n) is 4.33. The van der Waals surface area contributed by atoms with Gasteiger partial charge in [-0.2, -0.15) is 13.2 Å². The molecule has 2 aromatic carbocycles. The summed E-state index contributed by atoms with van der Waals surface area (Å²) in [6, 6.07) is 9.33. The van der Waals surface area contributed by atoms with E-state index < -0.39 is 47.7 Å². The van der Waals surface area contributed by atoms with Crippen LogP contribution in [-0.2, 0) is 22.3 Å². The molecule has 5 N–H and O–H groups in total. The van der Waals surface area contributed by atoms with Crippen LogP contribution in [-0.4, -0.2) is 65.3 Å². The summed E-state index contributed by atoms with van der Waals surface area (Å²) in [5.41, 5.74) is 3.98. The quantitative estimate of drug-likeness (QED) is 0.394. The number of carbonyl (C=O) groups is 3. The van der Waals surface area contributed by atoms with Crippen LogP contribution in [0.3, 0.4) is 0 Å². The molecule has 13 heteroatoms. The minimum absolute atomic E-state index is 0.0374. The number of benzene rings is 2. The number of alkyl halides is 3. The van der Waals surface area contributed by atoms with Crippen LogP contribution < -0.4 is 16.0 Å². The number of aliphatic hydroxyl groups is 1. The first kappa shape index (κ1) is 29.2. The highest BCUT2D eigenvalue weighted by molar-refractivity contribution is 6.31. The number of halogens is 4. The molecule has 3 amide bonds. The number of amides is 3. The molecule has 0 aliphatic carbocycles. The van der Waals surface area contributed by atoms with Gasteiger partial charge in [0, 0.05) is 36.9 Å². The van der Waals surface area contributed by atoms with Gasteiger partial charge in [0.25, 0.3) is 0 Å². The second-order valence-electron chi connectivity index (χ2n) is 9.08. The normalized spacial score (nSPS) is 16.0. The summed E-state index contributed by atoms with van der Waals surface area (Å²) in [6.07, 6.45) is -5.95. The molecular formula is C25H28ClF3N4O5. The van der Waals surface area contributed by atoms with Crippen LogP contribution in [0.2, 0.25) is 5.02 Å². The van der Waals surface area contributed by atoms with Crippen molar-refractivity contribution in [3.8, 4) is 0 Å². The lowest BCUT2D eigenvalue weighted by Crippen LogP contribution is -2.57. The summed E-state index contributed by atoms with van der Waals surface area (Å²) in [5.74, 6) is -0.996. The number of nitrogens with zero attached hydrogens (tertiary/aromatic N) is 2. The van der Waals surface area contributed by atoms with Crippen molar-refractivity contribution in [3.05, 3.63) is 64.7 Å². The number of carboxylic acid groups (broad SMARTS) is 1. The highest BCUT2D eigenvalue weighted by Crippen LogP contribution is 2.36. The van der Waals surface area contributed by atoms with E-state index in [0.717, 1.165) is 29.2 Å². The summed E-state index contributed by atoms with van der Waals surface area (Å²) in [7, 11) is 0. The Balaban J connectivity index is 1.88. The second kappa shape index (κ2) is 12.0. The Morgan fingerprint density at radius 1 is 1.11 bits per heavy atom. The molecule has 0 aromatic heterocycles. The lowest BCUT2D eigenvalue weighted by atomic mass is 9.76. The minimum Gasteiger partial charge on any atom is -0.465 e. The predicted octanol–water partition coefficient (Wildman–Crippen LogP) is 3.09. The van der Waals surface area contributed by atoms with Gasteiger partial charge in [-0.1, -0.05) is 29.8 Å². The largest absolute Gasteiger partial charge is 0.465 e. The Morgan fingerprint density at radius 3 is 2.24 bits per heavy atom. The number of hydrogen-bond donors (Lipinski definition) is 4. The molecule has 206 valence electrons. The van der Waals surface area contributed by atoms with Gasteiger partial charge < -0.3 is 26.2 Å². The first-order valence-corrected chi connectivity index (χ1v) is 12.1. The van der Waals surface area contributed by atoms with Gasteiger partial charge in [0.1, 0.15) is 6.04 Å². The molecule has 0 bridgehead atoms.